The van der Waals surface area contributed by atoms with Crippen LogP contribution in [0.2, 0.25) is 0 Å². The molecule has 150 valence electrons. The molecule has 3 heterocycles. The molecule has 0 saturated carbocycles. The van der Waals surface area contributed by atoms with Crippen LogP contribution in [0.4, 0.5) is 10.1 Å². The maximum absolute atomic E-state index is 14.3. The predicted octanol–water partition coefficient (Wildman–Crippen LogP) is 3.06. The Morgan fingerprint density at radius 2 is 2.03 bits per heavy atom. The fourth-order valence-electron chi connectivity index (χ4n) is 3.75. The van der Waals surface area contributed by atoms with Crippen molar-refractivity contribution in [2.45, 2.75) is 19.9 Å². The zero-order valence-corrected chi connectivity index (χ0v) is 16.3. The Hall–Kier alpha value is -3.24. The number of aromatic amines is 1. The minimum atomic E-state index is -0.355. The smallest absolute Gasteiger partial charge is 0.251 e. The average molecular weight is 393 g/mol. The summed E-state index contributed by atoms with van der Waals surface area (Å²) in [5.41, 5.74) is 4.14. The van der Waals surface area contributed by atoms with Crippen LogP contribution in [0.3, 0.4) is 0 Å². The number of aryl methyl sites for hydroxylation is 1. The first-order chi connectivity index (χ1) is 14.1. The van der Waals surface area contributed by atoms with Crippen LogP contribution in [0.5, 0.6) is 0 Å². The van der Waals surface area contributed by atoms with Crippen LogP contribution in [0, 0.1) is 17.1 Å². The standard InChI is InChI=1S/C22H22FN5O.H2/c1-2-17-11-19-20(26-22(17)29)10-16(13-25-19)14-27-5-7-28(8-6-27)21-4-3-15(12-24)9-18(21)23;/h3-4,9-11,13H,2,5-8,14H2,1H3,(H,26,29);1H. The molecule has 0 bridgehead atoms. The van der Waals surface area contributed by atoms with Gasteiger partial charge in [-0.3, -0.25) is 14.7 Å². The minimum Gasteiger partial charge on any atom is -0.367 e. The van der Waals surface area contributed by atoms with E-state index in [0.717, 1.165) is 41.8 Å². The summed E-state index contributed by atoms with van der Waals surface area (Å²) in [7, 11) is 0. The molecule has 0 unspecified atom stereocenters. The molecule has 1 saturated heterocycles. The summed E-state index contributed by atoms with van der Waals surface area (Å²) in [5, 5.41) is 8.88. The van der Waals surface area contributed by atoms with Gasteiger partial charge in [-0.05, 0) is 42.3 Å². The lowest BCUT2D eigenvalue weighted by atomic mass is 10.1. The molecule has 1 aliphatic heterocycles. The second-order valence-corrected chi connectivity index (χ2v) is 7.29. The Kier molecular flexibility index (Phi) is 5.28. The first-order valence-electron chi connectivity index (χ1n) is 9.75. The van der Waals surface area contributed by atoms with E-state index < -0.39 is 0 Å². The third kappa shape index (κ3) is 3.98. The number of hydrogen-bond donors (Lipinski definition) is 1. The predicted molar refractivity (Wildman–Crippen MR) is 112 cm³/mol. The molecular formula is C22H24FN5O. The van der Waals surface area contributed by atoms with E-state index >= 15 is 0 Å². The largest absolute Gasteiger partial charge is 0.367 e. The van der Waals surface area contributed by atoms with E-state index in [0.29, 0.717) is 30.8 Å². The number of nitriles is 1. The summed E-state index contributed by atoms with van der Waals surface area (Å²) >= 11 is 0. The van der Waals surface area contributed by atoms with Crippen molar-refractivity contribution in [3.63, 3.8) is 0 Å². The zero-order chi connectivity index (χ0) is 20.4. The van der Waals surface area contributed by atoms with Crippen molar-refractivity contribution in [1.29, 1.82) is 5.26 Å². The molecule has 1 aliphatic rings. The molecule has 0 atom stereocenters. The third-order valence-corrected chi connectivity index (χ3v) is 5.40. The van der Waals surface area contributed by atoms with Gasteiger partial charge in [0.05, 0.1) is 28.4 Å². The van der Waals surface area contributed by atoms with Crippen LogP contribution in [0.1, 0.15) is 25.0 Å². The van der Waals surface area contributed by atoms with Gasteiger partial charge in [-0.2, -0.15) is 5.26 Å². The van der Waals surface area contributed by atoms with Gasteiger partial charge in [-0.1, -0.05) is 6.92 Å². The number of nitrogens with one attached hydrogen (secondary N) is 1. The second kappa shape index (κ2) is 8.02. The zero-order valence-electron chi connectivity index (χ0n) is 16.3. The quantitative estimate of drug-likeness (QED) is 0.737. The van der Waals surface area contributed by atoms with E-state index in [1.54, 1.807) is 12.1 Å². The van der Waals surface area contributed by atoms with Gasteiger partial charge in [0.25, 0.3) is 5.56 Å². The maximum Gasteiger partial charge on any atom is 0.251 e. The number of H-pyrrole nitrogens is 1. The van der Waals surface area contributed by atoms with Crippen molar-refractivity contribution < 1.29 is 5.82 Å². The van der Waals surface area contributed by atoms with Crippen molar-refractivity contribution in [3.05, 3.63) is 69.4 Å². The van der Waals surface area contributed by atoms with Gasteiger partial charge in [0.1, 0.15) is 5.82 Å². The number of aromatic nitrogens is 2. The number of fused-ring (bicyclic) bond motifs is 1. The Bertz CT molecular complexity index is 1150. The van der Waals surface area contributed by atoms with Crippen LogP contribution in [-0.2, 0) is 13.0 Å². The third-order valence-electron chi connectivity index (χ3n) is 5.40. The summed E-state index contributed by atoms with van der Waals surface area (Å²) in [6, 6.07) is 10.4. The highest BCUT2D eigenvalue weighted by Crippen LogP contribution is 2.22. The SMILES string of the molecule is CCc1cc2ncc(CN3CCN(c4ccc(C#N)cc4F)CC3)cc2[nH]c1=O.[HH]. The van der Waals surface area contributed by atoms with Gasteiger partial charge < -0.3 is 9.88 Å². The molecule has 1 aromatic carbocycles. The van der Waals surface area contributed by atoms with E-state index in [-0.39, 0.29) is 12.8 Å². The number of hydrogen-bond acceptors (Lipinski definition) is 5. The summed E-state index contributed by atoms with van der Waals surface area (Å²) in [5.74, 6) is -0.355. The summed E-state index contributed by atoms with van der Waals surface area (Å²) in [6.07, 6.45) is 2.53. The number of pyridine rings is 2. The topological polar surface area (TPSA) is 76.0 Å². The van der Waals surface area contributed by atoms with Gasteiger partial charge in [0.15, 0.2) is 0 Å². The normalized spacial score (nSPS) is 14.9. The lowest BCUT2D eigenvalue weighted by molar-refractivity contribution is 0.249. The molecule has 0 amide bonds. The maximum atomic E-state index is 14.3. The van der Waals surface area contributed by atoms with Crippen LogP contribution < -0.4 is 10.5 Å². The molecular weight excluding hydrogens is 369 g/mol. The molecule has 0 spiro atoms. The molecule has 1 fully saturated rings. The number of rotatable bonds is 4. The summed E-state index contributed by atoms with van der Waals surface area (Å²) in [6.45, 7) is 5.69. The highest BCUT2D eigenvalue weighted by Gasteiger charge is 2.20. The Morgan fingerprint density at radius 3 is 2.72 bits per heavy atom. The van der Waals surface area contributed by atoms with Crippen LogP contribution in [0.15, 0.2) is 41.3 Å². The summed E-state index contributed by atoms with van der Waals surface area (Å²) < 4.78 is 14.3. The Balaban J connectivity index is 0.00000256. The lowest BCUT2D eigenvalue weighted by Gasteiger charge is -2.36. The van der Waals surface area contributed by atoms with Crippen molar-refractivity contribution >= 4 is 16.7 Å². The summed E-state index contributed by atoms with van der Waals surface area (Å²) in [4.78, 5) is 23.8. The lowest BCUT2D eigenvalue weighted by Crippen LogP contribution is -2.46. The number of benzene rings is 1. The number of halogens is 1. The van der Waals surface area contributed by atoms with Gasteiger partial charge >= 0.3 is 0 Å². The molecule has 1 N–H and O–H groups in total. The van der Waals surface area contributed by atoms with Crippen LogP contribution in [-0.4, -0.2) is 41.0 Å². The highest BCUT2D eigenvalue weighted by molar-refractivity contribution is 5.74. The highest BCUT2D eigenvalue weighted by atomic mass is 19.1. The number of piperazine rings is 1. The van der Waals surface area contributed by atoms with E-state index in [4.69, 9.17) is 5.26 Å². The first-order valence-corrected chi connectivity index (χ1v) is 9.75. The first kappa shape index (κ1) is 19.1. The van der Waals surface area contributed by atoms with Gasteiger partial charge in [-0.25, -0.2) is 4.39 Å². The number of nitrogens with zero attached hydrogens (tertiary/aromatic N) is 4. The van der Waals surface area contributed by atoms with Crippen LogP contribution >= 0.6 is 0 Å². The van der Waals surface area contributed by atoms with Crippen molar-refractivity contribution in [3.8, 4) is 6.07 Å². The molecule has 0 radical (unpaired) electrons. The van der Waals surface area contributed by atoms with E-state index in [1.807, 2.05) is 36.2 Å². The molecule has 3 aromatic rings. The van der Waals surface area contributed by atoms with E-state index in [2.05, 4.69) is 14.9 Å². The second-order valence-electron chi connectivity index (χ2n) is 7.29. The monoisotopic (exact) mass is 393 g/mol. The van der Waals surface area contributed by atoms with E-state index in [9.17, 15) is 9.18 Å². The van der Waals surface area contributed by atoms with Gasteiger partial charge in [0, 0.05) is 45.9 Å². The molecule has 4 rings (SSSR count). The van der Waals surface area contributed by atoms with Gasteiger partial charge in [-0.15, -0.1) is 0 Å². The minimum absolute atomic E-state index is 0. The fraction of sp³-hybridized carbons (Fsp3) is 0.318. The van der Waals surface area contributed by atoms with Gasteiger partial charge in [0.2, 0.25) is 0 Å². The average Bonchev–Trinajstić information content (AvgIpc) is 2.74. The molecule has 0 aliphatic carbocycles. The Morgan fingerprint density at radius 1 is 1.24 bits per heavy atom. The Labute approximate surface area is 169 Å². The molecule has 2 aromatic heterocycles. The van der Waals surface area contributed by atoms with Crippen molar-refractivity contribution in [2.75, 3.05) is 31.1 Å². The van der Waals surface area contributed by atoms with Crippen LogP contribution in [0.25, 0.3) is 11.0 Å². The molecule has 29 heavy (non-hydrogen) atoms. The molecule has 7 heteroatoms. The van der Waals surface area contributed by atoms with Crippen molar-refractivity contribution in [1.82, 2.24) is 14.9 Å². The van der Waals surface area contributed by atoms with Crippen molar-refractivity contribution in [2.24, 2.45) is 0 Å². The fourth-order valence-corrected chi connectivity index (χ4v) is 3.75. The molecule has 6 nitrogen and oxygen atoms in total. The van der Waals surface area contributed by atoms with E-state index in [1.165, 1.54) is 6.07 Å². The number of anilines is 1.